The Hall–Kier alpha value is -1.05. The molecule has 0 spiro atoms. The average Bonchev–Trinajstić information content (AvgIpc) is 2.01. The SMILES string of the molecule is CC(C)COC([O-])=NNNNN. The van der Waals surface area contributed by atoms with Crippen molar-refractivity contribution in [1.82, 2.24) is 16.6 Å². The van der Waals surface area contributed by atoms with Gasteiger partial charge in [-0.2, -0.15) is 5.53 Å². The zero-order chi connectivity index (χ0) is 9.40. The van der Waals surface area contributed by atoms with Gasteiger partial charge in [-0.05, 0) is 12.5 Å². The van der Waals surface area contributed by atoms with Gasteiger partial charge in [0, 0.05) is 0 Å². The van der Waals surface area contributed by atoms with Crippen molar-refractivity contribution in [1.29, 1.82) is 0 Å². The predicted molar refractivity (Wildman–Crippen MR) is 41.8 cm³/mol. The molecule has 5 N–H and O–H groups in total. The van der Waals surface area contributed by atoms with Gasteiger partial charge < -0.3 is 9.84 Å². The molecule has 0 amide bonds. The molecule has 0 rings (SSSR count). The second-order valence-corrected chi connectivity index (χ2v) is 2.46. The van der Waals surface area contributed by atoms with Gasteiger partial charge in [0.15, 0.2) is 6.08 Å². The Morgan fingerprint density at radius 1 is 1.67 bits per heavy atom. The van der Waals surface area contributed by atoms with Crippen LogP contribution in [0.3, 0.4) is 0 Å². The first-order chi connectivity index (χ1) is 5.66. The molecule has 0 saturated heterocycles. The number of ether oxygens (including phenoxy) is 1. The smallest absolute Gasteiger partial charge is 0.173 e. The van der Waals surface area contributed by atoms with E-state index >= 15 is 0 Å². The first kappa shape index (κ1) is 11.0. The van der Waals surface area contributed by atoms with E-state index in [9.17, 15) is 5.11 Å². The lowest BCUT2D eigenvalue weighted by Gasteiger charge is -2.15. The van der Waals surface area contributed by atoms with Crippen LogP contribution in [-0.2, 0) is 4.74 Å². The molecule has 0 atom stereocenters. The van der Waals surface area contributed by atoms with Gasteiger partial charge in [-0.3, -0.25) is 5.84 Å². The molecular formula is C5H14N5O2-. The van der Waals surface area contributed by atoms with Crippen LogP contribution >= 0.6 is 0 Å². The van der Waals surface area contributed by atoms with Crippen LogP contribution in [0, 0.1) is 5.92 Å². The number of rotatable bonds is 5. The normalized spacial score (nSPS) is 11.8. The maximum absolute atomic E-state index is 10.7. The Labute approximate surface area is 70.9 Å². The fourth-order valence-corrected chi connectivity index (χ4v) is 0.376. The molecule has 0 radical (unpaired) electrons. The van der Waals surface area contributed by atoms with Gasteiger partial charge in [0.25, 0.3) is 0 Å². The molecule has 0 aliphatic carbocycles. The Balaban J connectivity index is 3.42. The molecule has 0 saturated carbocycles. The van der Waals surface area contributed by atoms with E-state index in [2.05, 4.69) is 20.9 Å². The minimum Gasteiger partial charge on any atom is -0.599 e. The summed E-state index contributed by atoms with van der Waals surface area (Å²) in [6.07, 6.45) is -0.688. The quantitative estimate of drug-likeness (QED) is 0.124. The monoisotopic (exact) mass is 176 g/mol. The number of nitrogens with zero attached hydrogens (tertiary/aromatic N) is 1. The molecule has 0 aromatic rings. The molecule has 0 aromatic carbocycles. The zero-order valence-corrected chi connectivity index (χ0v) is 7.13. The Morgan fingerprint density at radius 2 is 2.33 bits per heavy atom. The lowest BCUT2D eigenvalue weighted by atomic mass is 10.2. The fourth-order valence-electron chi connectivity index (χ4n) is 0.376. The number of nitrogens with one attached hydrogen (secondary N) is 3. The van der Waals surface area contributed by atoms with E-state index in [0.717, 1.165) is 0 Å². The molecule has 0 fully saturated rings. The topological polar surface area (TPSA) is 107 Å². The van der Waals surface area contributed by atoms with Crippen molar-refractivity contribution >= 4 is 6.08 Å². The summed E-state index contributed by atoms with van der Waals surface area (Å²) in [4.78, 5) is 0. The van der Waals surface area contributed by atoms with Gasteiger partial charge in [0.1, 0.15) is 0 Å². The third-order valence-electron chi connectivity index (χ3n) is 0.815. The second kappa shape index (κ2) is 6.65. The number of hydrazone groups is 1. The van der Waals surface area contributed by atoms with E-state index in [1.807, 2.05) is 19.4 Å². The van der Waals surface area contributed by atoms with Crippen LogP contribution in [0.5, 0.6) is 0 Å². The largest absolute Gasteiger partial charge is 0.599 e. The summed E-state index contributed by atoms with van der Waals surface area (Å²) in [5.41, 5.74) is 6.33. The van der Waals surface area contributed by atoms with Crippen LogP contribution in [0.1, 0.15) is 13.8 Å². The molecule has 0 heterocycles. The summed E-state index contributed by atoms with van der Waals surface area (Å²) in [6.45, 7) is 4.21. The minimum atomic E-state index is -0.688. The van der Waals surface area contributed by atoms with Crippen LogP contribution in [0.2, 0.25) is 0 Å². The second-order valence-electron chi connectivity index (χ2n) is 2.46. The Kier molecular flexibility index (Phi) is 6.07. The van der Waals surface area contributed by atoms with Gasteiger partial charge in [0.2, 0.25) is 0 Å². The summed E-state index contributed by atoms with van der Waals surface area (Å²) >= 11 is 0. The molecular weight excluding hydrogens is 162 g/mol. The third kappa shape index (κ3) is 7.06. The first-order valence-corrected chi connectivity index (χ1v) is 3.50. The molecule has 12 heavy (non-hydrogen) atoms. The van der Waals surface area contributed by atoms with Crippen LogP contribution in [0.15, 0.2) is 5.10 Å². The van der Waals surface area contributed by atoms with E-state index in [0.29, 0.717) is 12.5 Å². The standard InChI is InChI=1S/C5H15N5O2/c1-4(2)3-12-5(11)7-9-10-8-6/h4,8-10H,3,6H2,1-2H3,(H,7,11)/p-1. The van der Waals surface area contributed by atoms with Crippen molar-refractivity contribution in [2.75, 3.05) is 6.61 Å². The number of hydrogen-bond acceptors (Lipinski definition) is 7. The van der Waals surface area contributed by atoms with Gasteiger partial charge >= 0.3 is 0 Å². The Bertz CT molecular complexity index is 138. The maximum atomic E-state index is 10.7. The third-order valence-corrected chi connectivity index (χ3v) is 0.815. The summed E-state index contributed by atoms with van der Waals surface area (Å²) in [7, 11) is 0. The van der Waals surface area contributed by atoms with Gasteiger partial charge in [0.05, 0.1) is 0 Å². The summed E-state index contributed by atoms with van der Waals surface area (Å²) in [5, 5.41) is 13.9. The molecule has 0 bridgehead atoms. The van der Waals surface area contributed by atoms with Crippen LogP contribution in [-0.4, -0.2) is 12.7 Å². The summed E-state index contributed by atoms with van der Waals surface area (Å²) in [6, 6.07) is 0. The number of hydrogen-bond donors (Lipinski definition) is 4. The highest BCUT2D eigenvalue weighted by Crippen LogP contribution is 1.90. The van der Waals surface area contributed by atoms with Crippen LogP contribution in [0.25, 0.3) is 0 Å². The molecule has 0 unspecified atom stereocenters. The summed E-state index contributed by atoms with van der Waals surface area (Å²) in [5.74, 6) is 5.10. The Morgan fingerprint density at radius 3 is 2.83 bits per heavy atom. The van der Waals surface area contributed by atoms with E-state index < -0.39 is 6.08 Å². The van der Waals surface area contributed by atoms with Crippen molar-refractivity contribution in [3.8, 4) is 0 Å². The van der Waals surface area contributed by atoms with Crippen molar-refractivity contribution in [2.24, 2.45) is 16.9 Å². The fraction of sp³-hybridized carbons (Fsp3) is 0.800. The van der Waals surface area contributed by atoms with Crippen molar-refractivity contribution < 1.29 is 9.84 Å². The highest BCUT2D eigenvalue weighted by atomic mass is 16.6. The van der Waals surface area contributed by atoms with E-state index in [1.165, 1.54) is 0 Å². The van der Waals surface area contributed by atoms with Crippen molar-refractivity contribution in [3.05, 3.63) is 0 Å². The zero-order valence-electron chi connectivity index (χ0n) is 7.13. The van der Waals surface area contributed by atoms with E-state index in [-0.39, 0.29) is 0 Å². The minimum absolute atomic E-state index is 0.296. The van der Waals surface area contributed by atoms with Gasteiger partial charge in [-0.15, -0.1) is 10.6 Å². The molecule has 0 aliphatic heterocycles. The predicted octanol–water partition coefficient (Wildman–Crippen LogP) is -2.24. The summed E-state index contributed by atoms with van der Waals surface area (Å²) < 4.78 is 4.67. The molecule has 0 aliphatic rings. The first-order valence-electron chi connectivity index (χ1n) is 3.50. The van der Waals surface area contributed by atoms with Crippen molar-refractivity contribution in [3.63, 3.8) is 0 Å². The number of hydrazine groups is 3. The molecule has 0 aromatic heterocycles. The highest BCUT2D eigenvalue weighted by Gasteiger charge is 1.88. The highest BCUT2D eigenvalue weighted by molar-refractivity contribution is 5.60. The molecule has 7 nitrogen and oxygen atoms in total. The molecule has 72 valence electrons. The number of nitrogens with two attached hydrogens (primary N) is 1. The van der Waals surface area contributed by atoms with Crippen LogP contribution < -0.4 is 27.6 Å². The molecule has 7 heteroatoms. The lowest BCUT2D eigenvalue weighted by Crippen LogP contribution is -2.46. The van der Waals surface area contributed by atoms with Crippen molar-refractivity contribution in [2.45, 2.75) is 13.8 Å². The maximum Gasteiger partial charge on any atom is 0.173 e. The van der Waals surface area contributed by atoms with Gasteiger partial charge in [-0.25, -0.2) is 5.53 Å². The van der Waals surface area contributed by atoms with E-state index in [4.69, 9.17) is 5.84 Å². The average molecular weight is 176 g/mol. The lowest BCUT2D eigenvalue weighted by molar-refractivity contribution is -0.252. The van der Waals surface area contributed by atoms with E-state index in [1.54, 1.807) is 0 Å². The van der Waals surface area contributed by atoms with Gasteiger partial charge in [-0.1, -0.05) is 13.8 Å². The van der Waals surface area contributed by atoms with Crippen LogP contribution in [0.4, 0.5) is 0 Å².